The quantitative estimate of drug-likeness (QED) is 0.706. The molecule has 7 nitrogen and oxygen atoms in total. The summed E-state index contributed by atoms with van der Waals surface area (Å²) in [7, 11) is 0. The molecule has 1 rings (SSSR count). The SMILES string of the molecule is Cc1c(C(N)=O)nnn1CC(=O)OC(C)C. The molecule has 2 N–H and O–H groups in total. The fourth-order valence-electron chi connectivity index (χ4n) is 1.16. The topological polar surface area (TPSA) is 100 Å². The Morgan fingerprint density at radius 2 is 2.12 bits per heavy atom. The van der Waals surface area contributed by atoms with Gasteiger partial charge in [0.1, 0.15) is 6.54 Å². The van der Waals surface area contributed by atoms with Crippen molar-refractivity contribution in [2.75, 3.05) is 0 Å². The van der Waals surface area contributed by atoms with Crippen molar-refractivity contribution in [3.05, 3.63) is 11.4 Å². The van der Waals surface area contributed by atoms with E-state index in [0.29, 0.717) is 5.69 Å². The molecule has 7 heteroatoms. The molecular formula is C9H14N4O3. The lowest BCUT2D eigenvalue weighted by atomic mass is 10.3. The van der Waals surface area contributed by atoms with E-state index in [1.807, 2.05) is 0 Å². The Kier molecular flexibility index (Phi) is 3.60. The van der Waals surface area contributed by atoms with Crippen molar-refractivity contribution < 1.29 is 14.3 Å². The average molecular weight is 226 g/mol. The van der Waals surface area contributed by atoms with Gasteiger partial charge in [0.2, 0.25) is 0 Å². The Labute approximate surface area is 92.6 Å². The summed E-state index contributed by atoms with van der Waals surface area (Å²) in [6.07, 6.45) is -0.188. The third-order valence-electron chi connectivity index (χ3n) is 1.86. The van der Waals surface area contributed by atoms with Crippen LogP contribution in [0.3, 0.4) is 0 Å². The number of nitrogens with two attached hydrogens (primary N) is 1. The minimum Gasteiger partial charge on any atom is -0.462 e. The number of hydrogen-bond donors (Lipinski definition) is 1. The Hall–Kier alpha value is -1.92. The zero-order valence-electron chi connectivity index (χ0n) is 9.43. The normalized spacial score (nSPS) is 10.5. The van der Waals surface area contributed by atoms with Crippen molar-refractivity contribution in [1.82, 2.24) is 15.0 Å². The van der Waals surface area contributed by atoms with Gasteiger partial charge >= 0.3 is 5.97 Å². The summed E-state index contributed by atoms with van der Waals surface area (Å²) in [5.74, 6) is -1.10. The highest BCUT2D eigenvalue weighted by Crippen LogP contribution is 2.03. The highest BCUT2D eigenvalue weighted by molar-refractivity contribution is 5.91. The largest absolute Gasteiger partial charge is 0.462 e. The van der Waals surface area contributed by atoms with E-state index < -0.39 is 11.9 Å². The average Bonchev–Trinajstić information content (AvgIpc) is 2.46. The van der Waals surface area contributed by atoms with Crippen molar-refractivity contribution in [2.24, 2.45) is 5.73 Å². The predicted molar refractivity (Wildman–Crippen MR) is 54.5 cm³/mol. The number of ether oxygens (including phenoxy) is 1. The van der Waals surface area contributed by atoms with E-state index in [9.17, 15) is 9.59 Å². The zero-order valence-corrected chi connectivity index (χ0v) is 9.43. The summed E-state index contributed by atoms with van der Waals surface area (Å²) in [6, 6.07) is 0. The first kappa shape index (κ1) is 12.2. The van der Waals surface area contributed by atoms with E-state index in [0.717, 1.165) is 0 Å². The summed E-state index contributed by atoms with van der Waals surface area (Å²) >= 11 is 0. The van der Waals surface area contributed by atoms with Crippen LogP contribution in [0.2, 0.25) is 0 Å². The summed E-state index contributed by atoms with van der Waals surface area (Å²) < 4.78 is 6.22. The van der Waals surface area contributed by atoms with Crippen LogP contribution in [-0.2, 0) is 16.1 Å². The maximum absolute atomic E-state index is 11.3. The highest BCUT2D eigenvalue weighted by Gasteiger charge is 2.16. The van der Waals surface area contributed by atoms with E-state index in [1.54, 1.807) is 20.8 Å². The second kappa shape index (κ2) is 4.73. The molecule has 1 aromatic heterocycles. The standard InChI is InChI=1S/C9H14N4O3/c1-5(2)16-7(14)4-13-6(3)8(9(10)15)11-12-13/h5H,4H2,1-3H3,(H2,10,15). The van der Waals surface area contributed by atoms with Gasteiger partial charge in [-0.15, -0.1) is 5.10 Å². The molecule has 0 saturated heterocycles. The molecule has 0 aliphatic carbocycles. The molecule has 0 aliphatic rings. The summed E-state index contributed by atoms with van der Waals surface area (Å²) in [5, 5.41) is 7.23. The Bertz CT molecular complexity index is 411. The van der Waals surface area contributed by atoms with Crippen LogP contribution in [0.5, 0.6) is 0 Å². The Morgan fingerprint density at radius 3 is 2.56 bits per heavy atom. The van der Waals surface area contributed by atoms with E-state index in [2.05, 4.69) is 10.3 Å². The number of carbonyl (C=O) groups is 2. The third kappa shape index (κ3) is 2.78. The zero-order chi connectivity index (χ0) is 12.3. The van der Waals surface area contributed by atoms with Gasteiger partial charge in [-0.2, -0.15) is 0 Å². The summed E-state index contributed by atoms with van der Waals surface area (Å²) in [5.41, 5.74) is 5.59. The molecule has 0 bridgehead atoms. The molecule has 16 heavy (non-hydrogen) atoms. The molecule has 0 radical (unpaired) electrons. The molecule has 0 spiro atoms. The van der Waals surface area contributed by atoms with E-state index in [4.69, 9.17) is 10.5 Å². The van der Waals surface area contributed by atoms with Gasteiger partial charge in [0.15, 0.2) is 5.69 Å². The fourth-order valence-corrected chi connectivity index (χ4v) is 1.16. The number of esters is 1. The lowest BCUT2D eigenvalue weighted by Crippen LogP contribution is -2.19. The molecule has 88 valence electrons. The van der Waals surface area contributed by atoms with Gasteiger partial charge < -0.3 is 10.5 Å². The fraction of sp³-hybridized carbons (Fsp3) is 0.556. The lowest BCUT2D eigenvalue weighted by molar-refractivity contribution is -0.148. The van der Waals surface area contributed by atoms with Crippen molar-refractivity contribution in [3.8, 4) is 0 Å². The van der Waals surface area contributed by atoms with Crippen LogP contribution in [0.15, 0.2) is 0 Å². The second-order valence-electron chi connectivity index (χ2n) is 3.58. The monoisotopic (exact) mass is 226 g/mol. The Balaban J connectivity index is 2.75. The number of amides is 1. The number of hydrogen-bond acceptors (Lipinski definition) is 5. The number of carbonyl (C=O) groups excluding carboxylic acids is 2. The van der Waals surface area contributed by atoms with Crippen molar-refractivity contribution in [2.45, 2.75) is 33.4 Å². The van der Waals surface area contributed by atoms with Gasteiger partial charge in [-0.25, -0.2) is 4.68 Å². The van der Waals surface area contributed by atoms with E-state index in [1.165, 1.54) is 4.68 Å². The number of nitrogens with zero attached hydrogens (tertiary/aromatic N) is 3. The number of rotatable bonds is 4. The molecule has 1 amide bonds. The van der Waals surface area contributed by atoms with Crippen LogP contribution in [0, 0.1) is 6.92 Å². The van der Waals surface area contributed by atoms with Crippen LogP contribution < -0.4 is 5.73 Å². The predicted octanol–water partition coefficient (Wildman–Crippen LogP) is -0.363. The first-order valence-electron chi connectivity index (χ1n) is 4.81. The van der Waals surface area contributed by atoms with Gasteiger partial charge in [0, 0.05) is 0 Å². The summed E-state index contributed by atoms with van der Waals surface area (Å²) in [4.78, 5) is 22.2. The van der Waals surface area contributed by atoms with Gasteiger partial charge in [-0.3, -0.25) is 9.59 Å². The second-order valence-corrected chi connectivity index (χ2v) is 3.58. The Morgan fingerprint density at radius 1 is 1.50 bits per heavy atom. The van der Waals surface area contributed by atoms with Gasteiger partial charge in [-0.1, -0.05) is 5.21 Å². The highest BCUT2D eigenvalue weighted by atomic mass is 16.5. The molecule has 0 aliphatic heterocycles. The van der Waals surface area contributed by atoms with Crippen molar-refractivity contribution >= 4 is 11.9 Å². The molecule has 0 unspecified atom stereocenters. The van der Waals surface area contributed by atoms with Gasteiger partial charge in [-0.05, 0) is 20.8 Å². The van der Waals surface area contributed by atoms with Crippen molar-refractivity contribution in [1.29, 1.82) is 0 Å². The van der Waals surface area contributed by atoms with Crippen molar-refractivity contribution in [3.63, 3.8) is 0 Å². The van der Waals surface area contributed by atoms with E-state index in [-0.39, 0.29) is 18.3 Å². The van der Waals surface area contributed by atoms with Crippen LogP contribution in [0.4, 0.5) is 0 Å². The molecule has 0 atom stereocenters. The van der Waals surface area contributed by atoms with Crippen LogP contribution in [-0.4, -0.2) is 33.0 Å². The molecule has 0 fully saturated rings. The smallest absolute Gasteiger partial charge is 0.328 e. The molecule has 1 aromatic rings. The first-order chi connectivity index (χ1) is 7.41. The molecular weight excluding hydrogens is 212 g/mol. The number of aromatic nitrogens is 3. The van der Waals surface area contributed by atoms with Crippen LogP contribution in [0.25, 0.3) is 0 Å². The molecule has 1 heterocycles. The van der Waals surface area contributed by atoms with Gasteiger partial charge in [0.05, 0.1) is 11.8 Å². The van der Waals surface area contributed by atoms with Crippen LogP contribution in [0.1, 0.15) is 30.0 Å². The maximum Gasteiger partial charge on any atom is 0.328 e. The minimum absolute atomic E-state index is 0.0670. The minimum atomic E-state index is -0.666. The van der Waals surface area contributed by atoms with Gasteiger partial charge in [0.25, 0.3) is 5.91 Å². The molecule has 0 saturated carbocycles. The van der Waals surface area contributed by atoms with E-state index >= 15 is 0 Å². The number of primary amides is 1. The van der Waals surface area contributed by atoms with Crippen LogP contribution >= 0.6 is 0 Å². The summed E-state index contributed by atoms with van der Waals surface area (Å²) in [6.45, 7) is 5.04. The third-order valence-corrected chi connectivity index (χ3v) is 1.86. The molecule has 0 aromatic carbocycles. The first-order valence-corrected chi connectivity index (χ1v) is 4.81. The maximum atomic E-state index is 11.3. The lowest BCUT2D eigenvalue weighted by Gasteiger charge is -2.08.